The van der Waals surface area contributed by atoms with Gasteiger partial charge in [-0.25, -0.2) is 0 Å². The molecule has 0 aliphatic heterocycles. The lowest BCUT2D eigenvalue weighted by Crippen LogP contribution is -2.21. The molecule has 82 valence electrons. The highest BCUT2D eigenvalue weighted by atomic mass is 16.1. The van der Waals surface area contributed by atoms with Crippen LogP contribution in [-0.2, 0) is 4.79 Å². The van der Waals surface area contributed by atoms with E-state index >= 15 is 0 Å². The smallest absolute Gasteiger partial charge is 0.131 e. The van der Waals surface area contributed by atoms with E-state index in [1.807, 2.05) is 0 Å². The maximum absolute atomic E-state index is 10.7. The normalized spacial score (nSPS) is 18.4. The minimum atomic E-state index is 0.287. The van der Waals surface area contributed by atoms with Crippen molar-refractivity contribution in [3.8, 4) is 0 Å². The first kappa shape index (κ1) is 11.7. The highest BCUT2D eigenvalue weighted by Crippen LogP contribution is 2.25. The standard InChI is InChI=1S/C12H23NO/c1-11(14)7-9-13-10-8-12-5-3-2-4-6-12/h12-13H,2-10H2,1H3. The Morgan fingerprint density at radius 3 is 2.57 bits per heavy atom. The Hall–Kier alpha value is -0.370. The number of hydrogen-bond donors (Lipinski definition) is 1. The number of carbonyl (C=O) groups is 1. The Bertz CT molecular complexity index is 162. The zero-order valence-electron chi connectivity index (χ0n) is 9.35. The largest absolute Gasteiger partial charge is 0.316 e. The van der Waals surface area contributed by atoms with Crippen molar-refractivity contribution in [2.45, 2.75) is 51.9 Å². The molecule has 1 aliphatic rings. The molecule has 2 nitrogen and oxygen atoms in total. The van der Waals surface area contributed by atoms with E-state index in [4.69, 9.17) is 0 Å². The third kappa shape index (κ3) is 5.38. The molecule has 1 aliphatic carbocycles. The number of ketones is 1. The summed E-state index contributed by atoms with van der Waals surface area (Å²) in [7, 11) is 0. The third-order valence-electron chi connectivity index (χ3n) is 3.11. The Kier molecular flexibility index (Phi) is 5.85. The molecular formula is C12H23NO. The third-order valence-corrected chi connectivity index (χ3v) is 3.11. The Balaban J connectivity index is 1.90. The summed E-state index contributed by atoms with van der Waals surface area (Å²) in [5.74, 6) is 1.24. The monoisotopic (exact) mass is 197 g/mol. The van der Waals surface area contributed by atoms with Crippen molar-refractivity contribution in [2.75, 3.05) is 13.1 Å². The fourth-order valence-electron chi connectivity index (χ4n) is 2.17. The molecule has 0 bridgehead atoms. The summed E-state index contributed by atoms with van der Waals surface area (Å²) in [4.78, 5) is 10.7. The van der Waals surface area contributed by atoms with Crippen LogP contribution in [0.4, 0.5) is 0 Å². The number of nitrogens with one attached hydrogen (secondary N) is 1. The molecule has 0 amide bonds. The molecule has 1 rings (SSSR count). The van der Waals surface area contributed by atoms with Crippen molar-refractivity contribution in [1.82, 2.24) is 5.32 Å². The molecule has 0 spiro atoms. The van der Waals surface area contributed by atoms with Crippen LogP contribution in [0.15, 0.2) is 0 Å². The van der Waals surface area contributed by atoms with E-state index in [9.17, 15) is 4.79 Å². The fourth-order valence-corrected chi connectivity index (χ4v) is 2.17. The summed E-state index contributed by atoms with van der Waals surface area (Å²) in [5, 5.41) is 3.34. The molecule has 1 saturated carbocycles. The predicted octanol–water partition coefficient (Wildman–Crippen LogP) is 2.53. The van der Waals surface area contributed by atoms with Crippen LogP contribution in [0.3, 0.4) is 0 Å². The summed E-state index contributed by atoms with van der Waals surface area (Å²) < 4.78 is 0. The molecule has 0 aromatic carbocycles. The van der Waals surface area contributed by atoms with Gasteiger partial charge in [0.25, 0.3) is 0 Å². The molecule has 0 radical (unpaired) electrons. The van der Waals surface area contributed by atoms with Gasteiger partial charge < -0.3 is 5.32 Å². The average Bonchev–Trinajstić information content (AvgIpc) is 2.18. The van der Waals surface area contributed by atoms with Crippen molar-refractivity contribution >= 4 is 5.78 Å². The van der Waals surface area contributed by atoms with Gasteiger partial charge in [-0.15, -0.1) is 0 Å². The summed E-state index contributed by atoms with van der Waals surface area (Å²) >= 11 is 0. The number of Topliss-reactive ketones (excluding diaryl/α,β-unsaturated/α-hetero) is 1. The average molecular weight is 197 g/mol. The molecule has 0 saturated heterocycles. The van der Waals surface area contributed by atoms with Crippen molar-refractivity contribution in [3.63, 3.8) is 0 Å². The number of carbonyl (C=O) groups excluding carboxylic acids is 1. The Morgan fingerprint density at radius 2 is 1.93 bits per heavy atom. The molecular weight excluding hydrogens is 174 g/mol. The first-order chi connectivity index (χ1) is 6.79. The number of hydrogen-bond acceptors (Lipinski definition) is 2. The van der Waals surface area contributed by atoms with E-state index in [0.29, 0.717) is 6.42 Å². The van der Waals surface area contributed by atoms with E-state index in [1.165, 1.54) is 38.5 Å². The van der Waals surface area contributed by atoms with Crippen LogP contribution in [0.1, 0.15) is 51.9 Å². The van der Waals surface area contributed by atoms with Crippen molar-refractivity contribution < 1.29 is 4.79 Å². The highest BCUT2D eigenvalue weighted by Gasteiger charge is 2.12. The molecule has 14 heavy (non-hydrogen) atoms. The van der Waals surface area contributed by atoms with Crippen LogP contribution < -0.4 is 5.32 Å². The summed E-state index contributed by atoms with van der Waals surface area (Å²) in [6, 6.07) is 0. The second kappa shape index (κ2) is 6.99. The van der Waals surface area contributed by atoms with E-state index in [0.717, 1.165) is 19.0 Å². The molecule has 0 heterocycles. The minimum Gasteiger partial charge on any atom is -0.316 e. The minimum absolute atomic E-state index is 0.287. The lowest BCUT2D eigenvalue weighted by atomic mass is 9.87. The lowest BCUT2D eigenvalue weighted by molar-refractivity contribution is -0.116. The summed E-state index contributed by atoms with van der Waals surface area (Å²) in [6.07, 6.45) is 9.13. The van der Waals surface area contributed by atoms with E-state index in [1.54, 1.807) is 6.92 Å². The summed E-state index contributed by atoms with van der Waals surface area (Å²) in [6.45, 7) is 3.61. The van der Waals surface area contributed by atoms with Crippen LogP contribution in [0, 0.1) is 5.92 Å². The van der Waals surface area contributed by atoms with Gasteiger partial charge >= 0.3 is 0 Å². The van der Waals surface area contributed by atoms with E-state index < -0.39 is 0 Å². The van der Waals surface area contributed by atoms with Crippen molar-refractivity contribution in [3.05, 3.63) is 0 Å². The molecule has 1 N–H and O–H groups in total. The van der Waals surface area contributed by atoms with Gasteiger partial charge in [0.05, 0.1) is 0 Å². The van der Waals surface area contributed by atoms with Crippen LogP contribution in [0.5, 0.6) is 0 Å². The molecule has 0 unspecified atom stereocenters. The molecule has 0 aromatic rings. The molecule has 0 aromatic heterocycles. The topological polar surface area (TPSA) is 29.1 Å². The summed E-state index contributed by atoms with van der Waals surface area (Å²) in [5.41, 5.74) is 0. The van der Waals surface area contributed by atoms with Gasteiger partial charge in [0.1, 0.15) is 5.78 Å². The van der Waals surface area contributed by atoms with E-state index in [-0.39, 0.29) is 5.78 Å². The van der Waals surface area contributed by atoms with Gasteiger partial charge in [0.15, 0.2) is 0 Å². The van der Waals surface area contributed by atoms with Gasteiger partial charge in [-0.2, -0.15) is 0 Å². The van der Waals surface area contributed by atoms with Crippen LogP contribution in [-0.4, -0.2) is 18.9 Å². The van der Waals surface area contributed by atoms with Crippen LogP contribution in [0.25, 0.3) is 0 Å². The predicted molar refractivity (Wildman–Crippen MR) is 59.4 cm³/mol. The van der Waals surface area contributed by atoms with E-state index in [2.05, 4.69) is 5.32 Å². The Labute approximate surface area is 87.5 Å². The van der Waals surface area contributed by atoms with Crippen molar-refractivity contribution in [2.24, 2.45) is 5.92 Å². The second-order valence-electron chi connectivity index (χ2n) is 4.49. The van der Waals surface area contributed by atoms with Gasteiger partial charge in [-0.05, 0) is 25.8 Å². The molecule has 2 heteroatoms. The molecule has 0 atom stereocenters. The molecule has 1 fully saturated rings. The zero-order valence-corrected chi connectivity index (χ0v) is 9.35. The lowest BCUT2D eigenvalue weighted by Gasteiger charge is -2.21. The van der Waals surface area contributed by atoms with Crippen LogP contribution in [0.2, 0.25) is 0 Å². The first-order valence-corrected chi connectivity index (χ1v) is 5.99. The van der Waals surface area contributed by atoms with Crippen LogP contribution >= 0.6 is 0 Å². The van der Waals surface area contributed by atoms with Crippen molar-refractivity contribution in [1.29, 1.82) is 0 Å². The maximum Gasteiger partial charge on any atom is 0.131 e. The SMILES string of the molecule is CC(=O)CCNCCC1CCCCC1. The highest BCUT2D eigenvalue weighted by molar-refractivity contribution is 5.75. The van der Waals surface area contributed by atoms with Gasteiger partial charge in [0.2, 0.25) is 0 Å². The Morgan fingerprint density at radius 1 is 1.21 bits per heavy atom. The fraction of sp³-hybridized carbons (Fsp3) is 0.917. The van der Waals surface area contributed by atoms with Gasteiger partial charge in [0, 0.05) is 13.0 Å². The maximum atomic E-state index is 10.7. The van der Waals surface area contributed by atoms with Gasteiger partial charge in [-0.3, -0.25) is 4.79 Å². The second-order valence-corrected chi connectivity index (χ2v) is 4.49. The quantitative estimate of drug-likeness (QED) is 0.663. The zero-order chi connectivity index (χ0) is 10.2. The van der Waals surface area contributed by atoms with Gasteiger partial charge in [-0.1, -0.05) is 32.1 Å². The first-order valence-electron chi connectivity index (χ1n) is 5.99. The number of rotatable bonds is 6.